The van der Waals surface area contributed by atoms with Crippen LogP contribution < -0.4 is 0 Å². The lowest BCUT2D eigenvalue weighted by Gasteiger charge is -2.07. The normalized spacial score (nSPS) is 11.8. The highest BCUT2D eigenvalue weighted by molar-refractivity contribution is 6.10. The highest BCUT2D eigenvalue weighted by Crippen LogP contribution is 2.31. The number of carbonyl (C=O) groups excluding carboxylic acids is 1. The Morgan fingerprint density at radius 1 is 0.962 bits per heavy atom. The highest BCUT2D eigenvalue weighted by Gasteiger charge is 2.16. The van der Waals surface area contributed by atoms with Gasteiger partial charge in [-0.15, -0.1) is 0 Å². The number of nitrogens with zero attached hydrogens (tertiary/aromatic N) is 3. The lowest BCUT2D eigenvalue weighted by Crippen LogP contribution is -2.05. The van der Waals surface area contributed by atoms with Gasteiger partial charge in [-0.05, 0) is 23.3 Å². The van der Waals surface area contributed by atoms with Gasteiger partial charge >= 0.3 is 0 Å². The fraction of sp³-hybridized carbons (Fsp3) is 0.0909. The van der Waals surface area contributed by atoms with Crippen molar-refractivity contribution in [2.75, 3.05) is 0 Å². The maximum absolute atomic E-state index is 12.9. The molecule has 0 radical (unpaired) electrons. The first kappa shape index (κ1) is 16.1. The van der Waals surface area contributed by atoms with Crippen LogP contribution in [0, 0.1) is 0 Å². The largest absolute Gasteiger partial charge is 0.350 e. The Labute approximate surface area is 152 Å². The molecule has 0 bridgehead atoms. The van der Waals surface area contributed by atoms with E-state index in [9.17, 15) is 4.79 Å². The van der Waals surface area contributed by atoms with E-state index in [2.05, 4.69) is 27.9 Å². The second-order valence-corrected chi connectivity index (χ2v) is 6.32. The van der Waals surface area contributed by atoms with Crippen molar-refractivity contribution in [3.63, 3.8) is 0 Å². The molecule has 2 aromatic carbocycles. The van der Waals surface area contributed by atoms with Crippen molar-refractivity contribution in [3.05, 3.63) is 96.2 Å². The average Bonchev–Trinajstić information content (AvgIpc) is 3.24. The van der Waals surface area contributed by atoms with E-state index in [-0.39, 0.29) is 5.78 Å². The minimum absolute atomic E-state index is 0.107. The predicted octanol–water partition coefficient (Wildman–Crippen LogP) is 4.23. The molecule has 4 aromatic rings. The van der Waals surface area contributed by atoms with Gasteiger partial charge in [-0.1, -0.05) is 48.5 Å². The molecule has 4 heteroatoms. The van der Waals surface area contributed by atoms with Crippen molar-refractivity contribution < 1.29 is 4.79 Å². The molecule has 0 unspecified atom stereocenters. The summed E-state index contributed by atoms with van der Waals surface area (Å²) in [5.41, 5.74) is 4.08. The minimum Gasteiger partial charge on any atom is -0.350 e. The Morgan fingerprint density at radius 3 is 2.42 bits per heavy atom. The third-order valence-electron chi connectivity index (χ3n) is 4.59. The minimum atomic E-state index is -0.107. The molecule has 4 rings (SSSR count). The van der Waals surface area contributed by atoms with Crippen LogP contribution in [0.3, 0.4) is 0 Å². The summed E-state index contributed by atoms with van der Waals surface area (Å²) in [7, 11) is 3.85. The molecule has 0 saturated heterocycles. The smallest absolute Gasteiger partial charge is 0.221 e. The molecule has 0 atom stereocenters. The van der Waals surface area contributed by atoms with Gasteiger partial charge in [0, 0.05) is 49.2 Å². The Bertz CT molecular complexity index is 1120. The number of para-hydroxylation sites is 1. The fourth-order valence-corrected chi connectivity index (χ4v) is 3.29. The van der Waals surface area contributed by atoms with Crippen molar-refractivity contribution in [3.8, 4) is 0 Å². The Kier molecular flexibility index (Phi) is 4.01. The summed E-state index contributed by atoms with van der Waals surface area (Å²) in [6.45, 7) is 0. The summed E-state index contributed by atoms with van der Waals surface area (Å²) in [5.74, 6) is 0.322. The molecule has 0 amide bonds. The SMILES string of the molecule is Cn1ccnc1C(=O)/C=C(\c1ccccc1)c1cn(C)c2ccccc12. The molecule has 0 aliphatic carbocycles. The molecule has 2 heterocycles. The number of fused-ring (bicyclic) bond motifs is 1. The van der Waals surface area contributed by atoms with Gasteiger partial charge in [0.2, 0.25) is 5.78 Å². The maximum atomic E-state index is 12.9. The molecule has 0 spiro atoms. The lowest BCUT2D eigenvalue weighted by atomic mass is 9.96. The third-order valence-corrected chi connectivity index (χ3v) is 4.59. The van der Waals surface area contributed by atoms with Gasteiger partial charge in [0.25, 0.3) is 0 Å². The molecular weight excluding hydrogens is 322 g/mol. The Hall–Kier alpha value is -3.40. The summed E-state index contributed by atoms with van der Waals surface area (Å²) < 4.78 is 3.83. The number of ketones is 1. The summed E-state index contributed by atoms with van der Waals surface area (Å²) >= 11 is 0. The van der Waals surface area contributed by atoms with E-state index in [1.807, 2.05) is 56.6 Å². The van der Waals surface area contributed by atoms with E-state index in [1.165, 1.54) is 0 Å². The first-order chi connectivity index (χ1) is 12.6. The predicted molar refractivity (Wildman–Crippen MR) is 104 cm³/mol. The number of allylic oxidation sites excluding steroid dienone is 1. The second kappa shape index (κ2) is 6.48. The van der Waals surface area contributed by atoms with Gasteiger partial charge in [0.1, 0.15) is 0 Å². The quantitative estimate of drug-likeness (QED) is 0.412. The van der Waals surface area contributed by atoms with Crippen LogP contribution in [-0.4, -0.2) is 19.9 Å². The number of benzene rings is 2. The average molecular weight is 341 g/mol. The number of aryl methyl sites for hydroxylation is 2. The van der Waals surface area contributed by atoms with Gasteiger partial charge in [-0.25, -0.2) is 4.98 Å². The second-order valence-electron chi connectivity index (χ2n) is 6.32. The first-order valence-corrected chi connectivity index (χ1v) is 8.48. The van der Waals surface area contributed by atoms with Crippen LogP contribution in [0.5, 0.6) is 0 Å². The van der Waals surface area contributed by atoms with Crippen LogP contribution >= 0.6 is 0 Å². The van der Waals surface area contributed by atoms with Crippen molar-refractivity contribution in [1.29, 1.82) is 0 Å². The van der Waals surface area contributed by atoms with E-state index < -0.39 is 0 Å². The van der Waals surface area contributed by atoms with Gasteiger partial charge in [-0.3, -0.25) is 4.79 Å². The van der Waals surface area contributed by atoms with Crippen LogP contribution in [0.15, 0.2) is 79.3 Å². The standard InChI is InChI=1S/C22H19N3O/c1-24-13-12-23-22(24)21(26)14-18(16-8-4-3-5-9-16)19-15-25(2)20-11-7-6-10-17(19)20/h3-15H,1-2H3/b18-14+. The van der Waals surface area contributed by atoms with E-state index in [4.69, 9.17) is 0 Å². The third kappa shape index (κ3) is 2.75. The number of hydrogen-bond donors (Lipinski definition) is 0. The maximum Gasteiger partial charge on any atom is 0.221 e. The molecule has 2 aromatic heterocycles. The van der Waals surface area contributed by atoms with E-state index in [1.54, 1.807) is 23.0 Å². The Morgan fingerprint density at radius 2 is 1.69 bits per heavy atom. The lowest BCUT2D eigenvalue weighted by molar-refractivity contribution is 0.103. The number of aromatic nitrogens is 3. The molecule has 0 aliphatic heterocycles. The van der Waals surface area contributed by atoms with Crippen molar-refractivity contribution >= 4 is 22.3 Å². The highest BCUT2D eigenvalue weighted by atomic mass is 16.1. The molecule has 0 N–H and O–H groups in total. The molecular formula is C22H19N3O. The zero-order valence-electron chi connectivity index (χ0n) is 14.8. The van der Waals surface area contributed by atoms with E-state index in [0.29, 0.717) is 5.82 Å². The van der Waals surface area contributed by atoms with Crippen molar-refractivity contribution in [2.24, 2.45) is 14.1 Å². The molecule has 0 saturated carbocycles. The monoisotopic (exact) mass is 341 g/mol. The van der Waals surface area contributed by atoms with Crippen LogP contribution in [0.1, 0.15) is 21.7 Å². The van der Waals surface area contributed by atoms with Gasteiger partial charge in [0.15, 0.2) is 5.82 Å². The van der Waals surface area contributed by atoms with Crippen molar-refractivity contribution in [1.82, 2.24) is 14.1 Å². The number of imidazole rings is 1. The van der Waals surface area contributed by atoms with Crippen LogP contribution in [0.4, 0.5) is 0 Å². The molecule has 128 valence electrons. The molecule has 26 heavy (non-hydrogen) atoms. The van der Waals surface area contributed by atoms with E-state index >= 15 is 0 Å². The zero-order chi connectivity index (χ0) is 18.1. The van der Waals surface area contributed by atoms with Gasteiger partial charge in [-0.2, -0.15) is 0 Å². The summed E-state index contributed by atoms with van der Waals surface area (Å²) in [4.78, 5) is 17.0. The molecule has 4 nitrogen and oxygen atoms in total. The van der Waals surface area contributed by atoms with Crippen LogP contribution in [-0.2, 0) is 14.1 Å². The fourth-order valence-electron chi connectivity index (χ4n) is 3.29. The number of rotatable bonds is 4. The number of carbonyl (C=O) groups is 1. The zero-order valence-corrected chi connectivity index (χ0v) is 14.8. The number of hydrogen-bond acceptors (Lipinski definition) is 2. The molecule has 0 aliphatic rings. The van der Waals surface area contributed by atoms with Crippen LogP contribution in [0.2, 0.25) is 0 Å². The molecule has 0 fully saturated rings. The van der Waals surface area contributed by atoms with E-state index in [0.717, 1.165) is 27.6 Å². The Balaban J connectivity index is 1.93. The van der Waals surface area contributed by atoms with Gasteiger partial charge < -0.3 is 9.13 Å². The first-order valence-electron chi connectivity index (χ1n) is 8.48. The van der Waals surface area contributed by atoms with Gasteiger partial charge in [0.05, 0.1) is 0 Å². The van der Waals surface area contributed by atoms with Crippen LogP contribution in [0.25, 0.3) is 16.5 Å². The summed E-state index contributed by atoms with van der Waals surface area (Å²) in [6, 6.07) is 18.2. The summed E-state index contributed by atoms with van der Waals surface area (Å²) in [5, 5.41) is 1.12. The van der Waals surface area contributed by atoms with Crippen molar-refractivity contribution in [2.45, 2.75) is 0 Å². The summed E-state index contributed by atoms with van der Waals surface area (Å²) in [6.07, 6.45) is 7.19. The topological polar surface area (TPSA) is 39.8 Å².